The lowest BCUT2D eigenvalue weighted by Crippen LogP contribution is -2.49. The fourth-order valence-corrected chi connectivity index (χ4v) is 3.69. The number of rotatable bonds is 3. The highest BCUT2D eigenvalue weighted by atomic mass is 32.1. The number of aromatic nitrogens is 3. The number of thiophene rings is 1. The first-order valence-corrected chi connectivity index (χ1v) is 8.80. The van der Waals surface area contributed by atoms with Crippen molar-refractivity contribution >= 4 is 33.3 Å². The molecule has 1 amide bonds. The van der Waals surface area contributed by atoms with E-state index < -0.39 is 0 Å². The largest absolute Gasteiger partial charge is 0.352 e. The maximum atomic E-state index is 12.4. The summed E-state index contributed by atoms with van der Waals surface area (Å²) in [7, 11) is 0. The maximum absolute atomic E-state index is 12.4. The van der Waals surface area contributed by atoms with Gasteiger partial charge < -0.3 is 9.80 Å². The molecule has 0 radical (unpaired) electrons. The van der Waals surface area contributed by atoms with Gasteiger partial charge in [-0.1, -0.05) is 6.07 Å². The molecule has 0 aromatic carbocycles. The van der Waals surface area contributed by atoms with Crippen molar-refractivity contribution in [1.82, 2.24) is 19.9 Å². The number of anilines is 1. The van der Waals surface area contributed by atoms with Gasteiger partial charge >= 0.3 is 0 Å². The molecule has 4 heterocycles. The molecule has 0 unspecified atom stereocenters. The molecule has 122 valence electrons. The summed E-state index contributed by atoms with van der Waals surface area (Å²) in [5.41, 5.74) is 0.820. The van der Waals surface area contributed by atoms with Gasteiger partial charge in [0.05, 0.1) is 11.8 Å². The fourth-order valence-electron chi connectivity index (χ4n) is 2.97. The van der Waals surface area contributed by atoms with Crippen molar-refractivity contribution in [3.8, 4) is 0 Å². The van der Waals surface area contributed by atoms with Crippen molar-refractivity contribution in [3.63, 3.8) is 0 Å². The Labute approximate surface area is 143 Å². The zero-order chi connectivity index (χ0) is 16.4. The van der Waals surface area contributed by atoms with Crippen molar-refractivity contribution in [2.75, 3.05) is 31.1 Å². The first-order chi connectivity index (χ1) is 11.8. The molecule has 6 nitrogen and oxygen atoms in total. The molecule has 0 N–H and O–H groups in total. The molecule has 0 bridgehead atoms. The lowest BCUT2D eigenvalue weighted by Gasteiger charge is -2.35. The van der Waals surface area contributed by atoms with Crippen LogP contribution in [-0.4, -0.2) is 51.9 Å². The molecule has 7 heteroatoms. The molecule has 1 aliphatic rings. The monoisotopic (exact) mass is 339 g/mol. The molecule has 4 rings (SSSR count). The minimum atomic E-state index is 0.136. The minimum Gasteiger partial charge on any atom is -0.352 e. The maximum Gasteiger partial charge on any atom is 0.228 e. The Kier molecular flexibility index (Phi) is 4.08. The number of pyridine rings is 1. The Balaban J connectivity index is 1.41. The molecule has 1 saturated heterocycles. The standard InChI is InChI=1S/C17H17N5OS/c23-15(11-13-3-1-2-5-18-13)21-6-8-22(9-7-21)16-14-4-10-24-17(14)20-12-19-16/h1-5,10,12H,6-9,11H2. The number of hydrogen-bond acceptors (Lipinski definition) is 6. The molecule has 1 fully saturated rings. The van der Waals surface area contributed by atoms with Gasteiger partial charge in [-0.25, -0.2) is 9.97 Å². The van der Waals surface area contributed by atoms with E-state index in [1.165, 1.54) is 0 Å². The SMILES string of the molecule is O=C(Cc1ccccn1)N1CCN(c2ncnc3sccc23)CC1. The van der Waals surface area contributed by atoms with E-state index in [9.17, 15) is 4.79 Å². The van der Waals surface area contributed by atoms with Crippen LogP contribution in [0.2, 0.25) is 0 Å². The van der Waals surface area contributed by atoms with Crippen molar-refractivity contribution in [2.45, 2.75) is 6.42 Å². The van der Waals surface area contributed by atoms with Gasteiger partial charge in [0, 0.05) is 38.1 Å². The summed E-state index contributed by atoms with van der Waals surface area (Å²) in [6.45, 7) is 2.99. The van der Waals surface area contributed by atoms with Crippen LogP contribution < -0.4 is 4.90 Å². The summed E-state index contributed by atoms with van der Waals surface area (Å²) in [5.74, 6) is 1.11. The van der Waals surface area contributed by atoms with E-state index in [1.54, 1.807) is 23.9 Å². The first-order valence-electron chi connectivity index (χ1n) is 7.92. The highest BCUT2D eigenvalue weighted by molar-refractivity contribution is 7.16. The van der Waals surface area contributed by atoms with Crippen molar-refractivity contribution < 1.29 is 4.79 Å². The average molecular weight is 339 g/mol. The van der Waals surface area contributed by atoms with Crippen molar-refractivity contribution in [2.24, 2.45) is 0 Å². The fraction of sp³-hybridized carbons (Fsp3) is 0.294. The molecular weight excluding hydrogens is 322 g/mol. The Morgan fingerprint density at radius 2 is 1.96 bits per heavy atom. The Bertz CT molecular complexity index is 842. The van der Waals surface area contributed by atoms with Crippen LogP contribution in [0.1, 0.15) is 5.69 Å². The first kappa shape index (κ1) is 15.0. The van der Waals surface area contributed by atoms with E-state index >= 15 is 0 Å². The van der Waals surface area contributed by atoms with Crippen LogP contribution in [0.4, 0.5) is 5.82 Å². The molecule has 3 aromatic heterocycles. The number of amides is 1. The molecular formula is C17H17N5OS. The van der Waals surface area contributed by atoms with E-state index in [4.69, 9.17) is 0 Å². The second-order valence-corrected chi connectivity index (χ2v) is 6.60. The third-order valence-electron chi connectivity index (χ3n) is 4.23. The highest BCUT2D eigenvalue weighted by Crippen LogP contribution is 2.27. The quantitative estimate of drug-likeness (QED) is 0.730. The molecule has 24 heavy (non-hydrogen) atoms. The number of carbonyl (C=O) groups excluding carboxylic acids is 1. The minimum absolute atomic E-state index is 0.136. The third kappa shape index (κ3) is 2.94. The number of carbonyl (C=O) groups is 1. The van der Waals surface area contributed by atoms with Gasteiger partial charge in [-0.05, 0) is 23.6 Å². The molecule has 3 aromatic rings. The van der Waals surface area contributed by atoms with Crippen LogP contribution >= 0.6 is 11.3 Å². The van der Waals surface area contributed by atoms with Gasteiger partial charge in [0.1, 0.15) is 17.0 Å². The molecule has 0 saturated carbocycles. The Morgan fingerprint density at radius 1 is 1.08 bits per heavy atom. The Morgan fingerprint density at radius 3 is 2.75 bits per heavy atom. The second-order valence-electron chi connectivity index (χ2n) is 5.70. The van der Waals surface area contributed by atoms with Gasteiger partial charge in [0.2, 0.25) is 5.91 Å². The summed E-state index contributed by atoms with van der Waals surface area (Å²) in [5, 5.41) is 3.13. The molecule has 0 spiro atoms. The van der Waals surface area contributed by atoms with Crippen molar-refractivity contribution in [1.29, 1.82) is 0 Å². The summed E-state index contributed by atoms with van der Waals surface area (Å²) in [6.07, 6.45) is 3.71. The van der Waals surface area contributed by atoms with E-state index in [-0.39, 0.29) is 5.91 Å². The number of hydrogen-bond donors (Lipinski definition) is 0. The lowest BCUT2D eigenvalue weighted by atomic mass is 10.2. The van der Waals surface area contributed by atoms with Gasteiger partial charge in [0.15, 0.2) is 0 Å². The third-order valence-corrected chi connectivity index (χ3v) is 5.05. The highest BCUT2D eigenvalue weighted by Gasteiger charge is 2.23. The molecule has 0 atom stereocenters. The summed E-state index contributed by atoms with van der Waals surface area (Å²) in [6, 6.07) is 7.73. The predicted molar refractivity (Wildman–Crippen MR) is 94.1 cm³/mol. The van der Waals surface area contributed by atoms with Crippen LogP contribution in [-0.2, 0) is 11.2 Å². The van der Waals surface area contributed by atoms with Crippen LogP contribution in [0.25, 0.3) is 10.2 Å². The second kappa shape index (κ2) is 6.52. The number of piperazine rings is 1. The van der Waals surface area contributed by atoms with E-state index in [0.717, 1.165) is 34.8 Å². The van der Waals surface area contributed by atoms with E-state index in [0.29, 0.717) is 19.5 Å². The zero-order valence-electron chi connectivity index (χ0n) is 13.1. The summed E-state index contributed by atoms with van der Waals surface area (Å²) in [4.78, 5) is 30.6. The van der Waals surface area contributed by atoms with Gasteiger partial charge in [-0.3, -0.25) is 9.78 Å². The van der Waals surface area contributed by atoms with E-state index in [2.05, 4.69) is 25.9 Å². The van der Waals surface area contributed by atoms with Crippen LogP contribution in [0.15, 0.2) is 42.2 Å². The molecule has 1 aliphatic heterocycles. The summed E-state index contributed by atoms with van der Waals surface area (Å²) < 4.78 is 0. The van der Waals surface area contributed by atoms with Gasteiger partial charge in [0.25, 0.3) is 0 Å². The van der Waals surface area contributed by atoms with Crippen molar-refractivity contribution in [3.05, 3.63) is 47.9 Å². The van der Waals surface area contributed by atoms with E-state index in [1.807, 2.05) is 28.5 Å². The van der Waals surface area contributed by atoms with Crippen LogP contribution in [0, 0.1) is 0 Å². The van der Waals surface area contributed by atoms with Crippen LogP contribution in [0.3, 0.4) is 0 Å². The number of nitrogens with zero attached hydrogens (tertiary/aromatic N) is 5. The number of fused-ring (bicyclic) bond motifs is 1. The predicted octanol–water partition coefficient (Wildman–Crippen LogP) is 1.98. The Hall–Kier alpha value is -2.54. The average Bonchev–Trinajstić information content (AvgIpc) is 3.11. The van der Waals surface area contributed by atoms with Gasteiger partial charge in [-0.15, -0.1) is 11.3 Å². The van der Waals surface area contributed by atoms with Crippen LogP contribution in [0.5, 0.6) is 0 Å². The lowest BCUT2D eigenvalue weighted by molar-refractivity contribution is -0.130. The zero-order valence-corrected chi connectivity index (χ0v) is 13.9. The smallest absolute Gasteiger partial charge is 0.228 e. The summed E-state index contributed by atoms with van der Waals surface area (Å²) >= 11 is 1.62. The van der Waals surface area contributed by atoms with Gasteiger partial charge in [-0.2, -0.15) is 0 Å². The topological polar surface area (TPSA) is 62.2 Å². The molecule has 0 aliphatic carbocycles. The normalized spacial score (nSPS) is 15.0.